The molecule has 1 aliphatic rings. The van der Waals surface area contributed by atoms with Crippen molar-refractivity contribution in [3.63, 3.8) is 0 Å². The number of carboxylic acids is 1. The van der Waals surface area contributed by atoms with Gasteiger partial charge in [-0.3, -0.25) is 9.48 Å². The third-order valence-corrected chi connectivity index (χ3v) is 5.86. The molecule has 0 atom stereocenters. The molecule has 146 valence electrons. The van der Waals surface area contributed by atoms with Gasteiger partial charge in [0.2, 0.25) is 0 Å². The zero-order valence-electron chi connectivity index (χ0n) is 16.5. The number of anilines is 1. The lowest BCUT2D eigenvalue weighted by Crippen LogP contribution is -2.15. The van der Waals surface area contributed by atoms with Gasteiger partial charge in [0.05, 0.1) is 11.7 Å². The zero-order chi connectivity index (χ0) is 19.7. The van der Waals surface area contributed by atoms with Crippen LogP contribution in [0, 0.1) is 6.92 Å². The first-order chi connectivity index (χ1) is 13.5. The van der Waals surface area contributed by atoms with Gasteiger partial charge in [-0.2, -0.15) is 5.10 Å². The monoisotopic (exact) mass is 377 g/mol. The van der Waals surface area contributed by atoms with Crippen LogP contribution in [0.5, 0.6) is 0 Å². The molecule has 0 spiro atoms. The van der Waals surface area contributed by atoms with Crippen LogP contribution in [-0.2, 0) is 18.3 Å². The third kappa shape index (κ3) is 3.75. The predicted octanol–water partition coefficient (Wildman–Crippen LogP) is 4.92. The van der Waals surface area contributed by atoms with Crippen molar-refractivity contribution in [3.05, 3.63) is 47.7 Å². The molecule has 5 heteroatoms. The van der Waals surface area contributed by atoms with E-state index < -0.39 is 5.97 Å². The number of nitrogens with one attached hydrogen (secondary N) is 1. The van der Waals surface area contributed by atoms with Crippen LogP contribution in [0.4, 0.5) is 5.69 Å². The van der Waals surface area contributed by atoms with Gasteiger partial charge in [0.15, 0.2) is 0 Å². The maximum atomic E-state index is 11.1. The summed E-state index contributed by atoms with van der Waals surface area (Å²) in [6, 6.07) is 11.3. The Morgan fingerprint density at radius 1 is 1.25 bits per heavy atom. The molecule has 0 amide bonds. The van der Waals surface area contributed by atoms with Gasteiger partial charge in [-0.15, -0.1) is 0 Å². The predicted molar refractivity (Wildman–Crippen MR) is 113 cm³/mol. The number of rotatable bonds is 6. The topological polar surface area (TPSA) is 67.2 Å². The Morgan fingerprint density at radius 2 is 2.04 bits per heavy atom. The van der Waals surface area contributed by atoms with Crippen LogP contribution in [0.15, 0.2) is 36.5 Å². The normalized spacial score (nSPS) is 14.6. The summed E-state index contributed by atoms with van der Waals surface area (Å²) in [4.78, 5) is 11.1. The number of fused-ring (bicyclic) bond motifs is 1. The molecule has 1 aliphatic carbocycles. The molecule has 1 saturated carbocycles. The number of benzene rings is 2. The average molecular weight is 377 g/mol. The molecule has 3 aromatic rings. The standard InChI is InChI=1S/C23H27N3O2/c1-15-11-21(25-19-5-3-4-6-19)20(13-16(15)8-10-23(27)28)17-7-9-22-18(12-17)14-24-26(22)2/h7,9,11-14,19,25H,3-6,8,10H2,1-2H3,(H,27,28). The van der Waals surface area contributed by atoms with E-state index in [-0.39, 0.29) is 6.42 Å². The van der Waals surface area contributed by atoms with Crippen LogP contribution in [0.2, 0.25) is 0 Å². The van der Waals surface area contributed by atoms with Crippen molar-refractivity contribution >= 4 is 22.6 Å². The van der Waals surface area contributed by atoms with Gasteiger partial charge in [0, 0.05) is 36.1 Å². The summed E-state index contributed by atoms with van der Waals surface area (Å²) >= 11 is 0. The number of carboxylic acid groups (broad SMARTS) is 1. The molecule has 1 heterocycles. The molecular formula is C23H27N3O2. The molecular weight excluding hydrogens is 350 g/mol. The number of hydrogen-bond acceptors (Lipinski definition) is 3. The van der Waals surface area contributed by atoms with Gasteiger partial charge in [0.25, 0.3) is 0 Å². The molecule has 4 rings (SSSR count). The molecule has 2 aromatic carbocycles. The number of aromatic nitrogens is 2. The average Bonchev–Trinajstić information content (AvgIpc) is 3.30. The first kappa shape index (κ1) is 18.5. The molecule has 28 heavy (non-hydrogen) atoms. The first-order valence-corrected chi connectivity index (χ1v) is 10.1. The van der Waals surface area contributed by atoms with Crippen LogP contribution >= 0.6 is 0 Å². The van der Waals surface area contributed by atoms with Crippen molar-refractivity contribution in [1.29, 1.82) is 0 Å². The minimum atomic E-state index is -0.758. The fraction of sp³-hybridized carbons (Fsp3) is 0.391. The van der Waals surface area contributed by atoms with E-state index in [9.17, 15) is 4.79 Å². The molecule has 0 bridgehead atoms. The van der Waals surface area contributed by atoms with E-state index >= 15 is 0 Å². The largest absolute Gasteiger partial charge is 0.481 e. The molecule has 1 fully saturated rings. The Bertz CT molecular complexity index is 1020. The minimum Gasteiger partial charge on any atom is -0.481 e. The number of hydrogen-bond donors (Lipinski definition) is 2. The summed E-state index contributed by atoms with van der Waals surface area (Å²) in [5, 5.41) is 18.3. The van der Waals surface area contributed by atoms with Gasteiger partial charge < -0.3 is 10.4 Å². The first-order valence-electron chi connectivity index (χ1n) is 10.1. The summed E-state index contributed by atoms with van der Waals surface area (Å²) in [7, 11) is 1.95. The summed E-state index contributed by atoms with van der Waals surface area (Å²) in [6.45, 7) is 2.07. The van der Waals surface area contributed by atoms with Gasteiger partial charge in [-0.05, 0) is 67.1 Å². The van der Waals surface area contributed by atoms with Crippen LogP contribution in [0.25, 0.3) is 22.0 Å². The second-order valence-corrected chi connectivity index (χ2v) is 7.89. The summed E-state index contributed by atoms with van der Waals surface area (Å²) in [5.41, 5.74) is 6.77. The van der Waals surface area contributed by atoms with E-state index in [0.717, 1.165) is 38.8 Å². The Labute approximate surface area is 165 Å². The summed E-state index contributed by atoms with van der Waals surface area (Å²) < 4.78 is 1.88. The van der Waals surface area contributed by atoms with Crippen molar-refractivity contribution in [1.82, 2.24) is 9.78 Å². The zero-order valence-corrected chi connectivity index (χ0v) is 16.5. The lowest BCUT2D eigenvalue weighted by molar-refractivity contribution is -0.136. The van der Waals surface area contributed by atoms with E-state index in [0.29, 0.717) is 12.5 Å². The van der Waals surface area contributed by atoms with Gasteiger partial charge in [-0.25, -0.2) is 0 Å². The van der Waals surface area contributed by atoms with E-state index in [4.69, 9.17) is 5.11 Å². The fourth-order valence-corrected chi connectivity index (χ4v) is 4.24. The summed E-state index contributed by atoms with van der Waals surface area (Å²) in [5.74, 6) is -0.758. The van der Waals surface area contributed by atoms with Crippen molar-refractivity contribution in [2.75, 3.05) is 5.32 Å². The van der Waals surface area contributed by atoms with Crippen molar-refractivity contribution < 1.29 is 9.90 Å². The highest BCUT2D eigenvalue weighted by Gasteiger charge is 2.18. The molecule has 5 nitrogen and oxygen atoms in total. The fourth-order valence-electron chi connectivity index (χ4n) is 4.24. The SMILES string of the molecule is Cc1cc(NC2CCCC2)c(-c2ccc3c(cnn3C)c2)cc1CCC(=O)O. The van der Waals surface area contributed by atoms with Crippen LogP contribution in [0.3, 0.4) is 0 Å². The third-order valence-electron chi connectivity index (χ3n) is 5.86. The number of aryl methyl sites for hydroxylation is 3. The lowest BCUT2D eigenvalue weighted by atomic mass is 9.94. The molecule has 0 radical (unpaired) electrons. The smallest absolute Gasteiger partial charge is 0.303 e. The maximum absolute atomic E-state index is 11.1. The second kappa shape index (κ2) is 7.66. The Balaban J connectivity index is 1.77. The second-order valence-electron chi connectivity index (χ2n) is 7.89. The maximum Gasteiger partial charge on any atom is 0.303 e. The summed E-state index contributed by atoms with van der Waals surface area (Å²) in [6.07, 6.45) is 7.57. The lowest BCUT2D eigenvalue weighted by Gasteiger charge is -2.20. The van der Waals surface area contributed by atoms with Crippen LogP contribution in [0.1, 0.15) is 43.2 Å². The van der Waals surface area contributed by atoms with E-state index in [2.05, 4.69) is 47.7 Å². The van der Waals surface area contributed by atoms with Crippen LogP contribution in [-0.4, -0.2) is 26.9 Å². The van der Waals surface area contributed by atoms with Gasteiger partial charge in [-0.1, -0.05) is 18.9 Å². The molecule has 0 aliphatic heterocycles. The molecule has 0 unspecified atom stereocenters. The minimum absolute atomic E-state index is 0.150. The highest BCUT2D eigenvalue weighted by atomic mass is 16.4. The van der Waals surface area contributed by atoms with Crippen molar-refractivity contribution in [3.8, 4) is 11.1 Å². The Hall–Kier alpha value is -2.82. The molecule has 1 aromatic heterocycles. The van der Waals surface area contributed by atoms with Gasteiger partial charge >= 0.3 is 5.97 Å². The molecule has 0 saturated heterocycles. The van der Waals surface area contributed by atoms with E-state index in [1.54, 1.807) is 0 Å². The van der Waals surface area contributed by atoms with E-state index in [1.807, 2.05) is 17.9 Å². The Kier molecular flexibility index (Phi) is 5.07. The van der Waals surface area contributed by atoms with Gasteiger partial charge in [0.1, 0.15) is 0 Å². The number of aliphatic carboxylic acids is 1. The highest BCUT2D eigenvalue weighted by Crippen LogP contribution is 2.35. The van der Waals surface area contributed by atoms with Crippen molar-refractivity contribution in [2.24, 2.45) is 7.05 Å². The quantitative estimate of drug-likeness (QED) is 0.640. The molecule has 2 N–H and O–H groups in total. The number of carbonyl (C=O) groups is 1. The number of nitrogens with zero attached hydrogens (tertiary/aromatic N) is 2. The van der Waals surface area contributed by atoms with Crippen LogP contribution < -0.4 is 5.32 Å². The Morgan fingerprint density at radius 3 is 2.79 bits per heavy atom. The van der Waals surface area contributed by atoms with E-state index in [1.165, 1.54) is 25.7 Å². The van der Waals surface area contributed by atoms with Crippen molar-refractivity contribution in [2.45, 2.75) is 51.5 Å². The highest BCUT2D eigenvalue weighted by molar-refractivity contribution is 5.88.